The lowest BCUT2D eigenvalue weighted by Crippen LogP contribution is -2.38. The maximum atomic E-state index is 12.0. The van der Waals surface area contributed by atoms with Crippen LogP contribution < -0.4 is 5.32 Å². The van der Waals surface area contributed by atoms with E-state index in [9.17, 15) is 9.59 Å². The average Bonchev–Trinajstić information content (AvgIpc) is 2.41. The Bertz CT molecular complexity index is 462. The molecular formula is C15H21BrN2O3. The number of nitrogens with zero attached hydrogens (tertiary/aromatic N) is 1. The summed E-state index contributed by atoms with van der Waals surface area (Å²) in [6.45, 7) is 5.10. The first-order chi connectivity index (χ1) is 10.0. The average molecular weight is 357 g/mol. The van der Waals surface area contributed by atoms with E-state index in [4.69, 9.17) is 4.74 Å². The first-order valence-corrected chi connectivity index (χ1v) is 7.77. The fraction of sp³-hybridized carbons (Fsp3) is 0.467. The van der Waals surface area contributed by atoms with E-state index in [-0.39, 0.29) is 25.0 Å². The molecule has 1 aromatic carbocycles. The Morgan fingerprint density at radius 1 is 1.19 bits per heavy atom. The summed E-state index contributed by atoms with van der Waals surface area (Å²) in [4.78, 5) is 25.3. The Hall–Kier alpha value is -1.40. The predicted molar refractivity (Wildman–Crippen MR) is 86.1 cm³/mol. The number of carbonyl (C=O) groups excluding carboxylic acids is 2. The third-order valence-electron chi connectivity index (χ3n) is 2.69. The van der Waals surface area contributed by atoms with E-state index in [0.717, 1.165) is 16.6 Å². The van der Waals surface area contributed by atoms with Gasteiger partial charge < -0.3 is 10.1 Å². The minimum absolute atomic E-state index is 0.134. The van der Waals surface area contributed by atoms with Gasteiger partial charge in [0, 0.05) is 10.2 Å². The summed E-state index contributed by atoms with van der Waals surface area (Å²) in [6.07, 6.45) is 0.866. The molecule has 0 aliphatic carbocycles. The van der Waals surface area contributed by atoms with Crippen molar-refractivity contribution in [3.8, 4) is 0 Å². The van der Waals surface area contributed by atoms with Crippen LogP contribution in [0, 0.1) is 0 Å². The summed E-state index contributed by atoms with van der Waals surface area (Å²) < 4.78 is 5.87. The van der Waals surface area contributed by atoms with Crippen molar-refractivity contribution in [1.82, 2.24) is 4.90 Å². The van der Waals surface area contributed by atoms with Gasteiger partial charge in [-0.2, -0.15) is 0 Å². The van der Waals surface area contributed by atoms with Gasteiger partial charge in [-0.3, -0.25) is 14.5 Å². The molecule has 1 amide bonds. The van der Waals surface area contributed by atoms with Crippen LogP contribution in [0.4, 0.5) is 5.69 Å². The molecule has 0 aliphatic heterocycles. The van der Waals surface area contributed by atoms with Gasteiger partial charge in [0.05, 0.1) is 19.7 Å². The van der Waals surface area contributed by atoms with E-state index in [1.165, 1.54) is 0 Å². The van der Waals surface area contributed by atoms with Crippen LogP contribution >= 0.6 is 15.9 Å². The molecule has 6 heteroatoms. The highest BCUT2D eigenvalue weighted by molar-refractivity contribution is 9.10. The van der Waals surface area contributed by atoms with Gasteiger partial charge in [-0.05, 0) is 44.2 Å². The summed E-state index contributed by atoms with van der Waals surface area (Å²) in [7, 11) is 0. The van der Waals surface area contributed by atoms with Crippen molar-refractivity contribution >= 4 is 33.5 Å². The van der Waals surface area contributed by atoms with Crippen LogP contribution in [-0.4, -0.2) is 43.0 Å². The molecule has 0 spiro atoms. The molecule has 5 nitrogen and oxygen atoms in total. The molecule has 0 aliphatic rings. The van der Waals surface area contributed by atoms with Crippen LogP contribution in [0.25, 0.3) is 0 Å². The Kier molecular flexibility index (Phi) is 8.00. The molecule has 0 saturated heterocycles. The number of benzene rings is 1. The molecule has 1 aromatic rings. The van der Waals surface area contributed by atoms with E-state index in [2.05, 4.69) is 21.2 Å². The molecule has 0 fully saturated rings. The van der Waals surface area contributed by atoms with E-state index in [1.807, 2.05) is 31.2 Å². The number of anilines is 1. The van der Waals surface area contributed by atoms with E-state index >= 15 is 0 Å². The lowest BCUT2D eigenvalue weighted by Gasteiger charge is -2.20. The molecule has 0 radical (unpaired) electrons. The van der Waals surface area contributed by atoms with Crippen LogP contribution in [-0.2, 0) is 14.3 Å². The zero-order valence-electron chi connectivity index (χ0n) is 12.4. The molecule has 0 bridgehead atoms. The normalized spacial score (nSPS) is 10.5. The van der Waals surface area contributed by atoms with Crippen LogP contribution in [0.5, 0.6) is 0 Å². The molecule has 0 unspecified atom stereocenters. The van der Waals surface area contributed by atoms with Crippen LogP contribution in [0.3, 0.4) is 0 Å². The Morgan fingerprint density at radius 3 is 2.43 bits per heavy atom. The fourth-order valence-corrected chi connectivity index (χ4v) is 2.12. The molecule has 1 N–H and O–H groups in total. The van der Waals surface area contributed by atoms with Gasteiger partial charge in [0.25, 0.3) is 0 Å². The standard InChI is InChI=1S/C15H21BrN2O3/c1-3-9-18(11-15(20)21-4-2)10-14(19)17-13-7-5-12(16)6-8-13/h5-8H,3-4,9-11H2,1-2H3,(H,17,19). The maximum Gasteiger partial charge on any atom is 0.320 e. The second-order valence-corrected chi connectivity index (χ2v) is 5.49. The number of amides is 1. The largest absolute Gasteiger partial charge is 0.465 e. The van der Waals surface area contributed by atoms with Crippen molar-refractivity contribution in [3.05, 3.63) is 28.7 Å². The van der Waals surface area contributed by atoms with Crippen molar-refractivity contribution in [3.63, 3.8) is 0 Å². The van der Waals surface area contributed by atoms with Crippen molar-refractivity contribution in [2.75, 3.05) is 31.6 Å². The summed E-state index contributed by atoms with van der Waals surface area (Å²) >= 11 is 3.34. The lowest BCUT2D eigenvalue weighted by molar-refractivity contribution is -0.144. The smallest absolute Gasteiger partial charge is 0.320 e. The van der Waals surface area contributed by atoms with Crippen LogP contribution in [0.15, 0.2) is 28.7 Å². The Morgan fingerprint density at radius 2 is 1.86 bits per heavy atom. The SMILES string of the molecule is CCCN(CC(=O)Nc1ccc(Br)cc1)CC(=O)OCC. The summed E-state index contributed by atoms with van der Waals surface area (Å²) in [5, 5.41) is 2.81. The summed E-state index contributed by atoms with van der Waals surface area (Å²) in [6, 6.07) is 7.35. The zero-order chi connectivity index (χ0) is 15.7. The number of hydrogen-bond donors (Lipinski definition) is 1. The maximum absolute atomic E-state index is 12.0. The highest BCUT2D eigenvalue weighted by Crippen LogP contribution is 2.14. The quantitative estimate of drug-likeness (QED) is 0.727. The number of carbonyl (C=O) groups is 2. The van der Waals surface area contributed by atoms with Gasteiger partial charge in [0.15, 0.2) is 0 Å². The first-order valence-electron chi connectivity index (χ1n) is 6.98. The zero-order valence-corrected chi connectivity index (χ0v) is 14.0. The van der Waals surface area contributed by atoms with Gasteiger partial charge in [0.1, 0.15) is 0 Å². The third-order valence-corrected chi connectivity index (χ3v) is 3.22. The van der Waals surface area contributed by atoms with E-state index in [1.54, 1.807) is 11.8 Å². The number of ether oxygens (including phenoxy) is 1. The van der Waals surface area contributed by atoms with Crippen molar-refractivity contribution < 1.29 is 14.3 Å². The fourth-order valence-electron chi connectivity index (χ4n) is 1.86. The topological polar surface area (TPSA) is 58.6 Å². The van der Waals surface area contributed by atoms with Crippen molar-refractivity contribution in [2.24, 2.45) is 0 Å². The summed E-state index contributed by atoms with van der Waals surface area (Å²) in [5.41, 5.74) is 0.732. The molecule has 0 heterocycles. The Balaban J connectivity index is 2.51. The molecule has 116 valence electrons. The van der Waals surface area contributed by atoms with Gasteiger partial charge in [-0.25, -0.2) is 0 Å². The minimum Gasteiger partial charge on any atom is -0.465 e. The van der Waals surface area contributed by atoms with Gasteiger partial charge in [-0.1, -0.05) is 22.9 Å². The first kappa shape index (κ1) is 17.7. The molecule has 0 atom stereocenters. The van der Waals surface area contributed by atoms with Crippen LogP contribution in [0.1, 0.15) is 20.3 Å². The van der Waals surface area contributed by atoms with Crippen molar-refractivity contribution in [1.29, 1.82) is 0 Å². The Labute approximate surface area is 133 Å². The molecule has 21 heavy (non-hydrogen) atoms. The monoisotopic (exact) mass is 356 g/mol. The second-order valence-electron chi connectivity index (χ2n) is 4.57. The number of esters is 1. The lowest BCUT2D eigenvalue weighted by atomic mass is 10.3. The highest BCUT2D eigenvalue weighted by atomic mass is 79.9. The van der Waals surface area contributed by atoms with Gasteiger partial charge in [-0.15, -0.1) is 0 Å². The van der Waals surface area contributed by atoms with Gasteiger partial charge in [0.2, 0.25) is 5.91 Å². The van der Waals surface area contributed by atoms with E-state index in [0.29, 0.717) is 13.2 Å². The highest BCUT2D eigenvalue weighted by Gasteiger charge is 2.14. The molecule has 0 saturated carbocycles. The van der Waals surface area contributed by atoms with Gasteiger partial charge >= 0.3 is 5.97 Å². The second kappa shape index (κ2) is 9.52. The number of hydrogen-bond acceptors (Lipinski definition) is 4. The molecule has 0 aromatic heterocycles. The number of nitrogens with one attached hydrogen (secondary N) is 1. The van der Waals surface area contributed by atoms with E-state index < -0.39 is 0 Å². The number of rotatable bonds is 8. The predicted octanol–water partition coefficient (Wildman–Crippen LogP) is 2.66. The number of halogens is 1. The van der Waals surface area contributed by atoms with Crippen LogP contribution in [0.2, 0.25) is 0 Å². The molecular weight excluding hydrogens is 336 g/mol. The third kappa shape index (κ3) is 7.24. The van der Waals surface area contributed by atoms with Crippen molar-refractivity contribution in [2.45, 2.75) is 20.3 Å². The summed E-state index contributed by atoms with van der Waals surface area (Å²) in [5.74, 6) is -0.447. The minimum atomic E-state index is -0.303. The molecule has 1 rings (SSSR count).